The monoisotopic (exact) mass is 275 g/mol. The second-order valence-electron chi connectivity index (χ2n) is 4.46. The van der Waals surface area contributed by atoms with Crippen molar-refractivity contribution in [2.45, 2.75) is 13.5 Å². The molecule has 0 aromatic heterocycles. The highest BCUT2D eigenvalue weighted by atomic mass is 19.1. The molecule has 2 rings (SSSR count). The Bertz CT molecular complexity index is 555. The summed E-state index contributed by atoms with van der Waals surface area (Å²) in [7, 11) is 0. The predicted molar refractivity (Wildman–Crippen MR) is 76.5 cm³/mol. The molecule has 0 bridgehead atoms. The van der Waals surface area contributed by atoms with Crippen LogP contribution in [0.5, 0.6) is 11.5 Å². The lowest BCUT2D eigenvalue weighted by Gasteiger charge is -2.09. The van der Waals surface area contributed by atoms with Gasteiger partial charge in [-0.3, -0.25) is 0 Å². The number of hydrogen-bond donors (Lipinski definition) is 1. The maximum absolute atomic E-state index is 13.3. The summed E-state index contributed by atoms with van der Waals surface area (Å²) in [6.45, 7) is 2.99. The molecule has 2 aromatic rings. The average molecular weight is 275 g/mol. The molecule has 0 atom stereocenters. The Hall–Kier alpha value is -2.07. The zero-order valence-electron chi connectivity index (χ0n) is 11.4. The third kappa shape index (κ3) is 3.96. The van der Waals surface area contributed by atoms with E-state index in [1.165, 1.54) is 6.07 Å². The van der Waals surface area contributed by atoms with Crippen molar-refractivity contribution in [2.75, 3.05) is 13.2 Å². The van der Waals surface area contributed by atoms with Gasteiger partial charge >= 0.3 is 0 Å². The first-order valence-corrected chi connectivity index (χ1v) is 6.50. The van der Waals surface area contributed by atoms with E-state index in [0.29, 0.717) is 31.1 Å². The van der Waals surface area contributed by atoms with E-state index >= 15 is 0 Å². The normalized spacial score (nSPS) is 10.3. The van der Waals surface area contributed by atoms with E-state index in [4.69, 9.17) is 15.2 Å². The van der Waals surface area contributed by atoms with Crippen molar-refractivity contribution in [3.05, 3.63) is 59.4 Å². The maximum atomic E-state index is 13.3. The highest BCUT2D eigenvalue weighted by Gasteiger charge is 2.00. The summed E-state index contributed by atoms with van der Waals surface area (Å²) in [5, 5.41) is 0. The molecule has 0 aliphatic heterocycles. The summed E-state index contributed by atoms with van der Waals surface area (Å²) in [5.41, 5.74) is 7.18. The lowest BCUT2D eigenvalue weighted by Crippen LogP contribution is -2.09. The first-order chi connectivity index (χ1) is 9.69. The number of ether oxygens (including phenoxy) is 2. The predicted octanol–water partition coefficient (Wildman–Crippen LogP) is 3.05. The van der Waals surface area contributed by atoms with Gasteiger partial charge < -0.3 is 15.2 Å². The van der Waals surface area contributed by atoms with Gasteiger partial charge in [0.1, 0.15) is 30.5 Å². The van der Waals surface area contributed by atoms with Crippen LogP contribution in [-0.4, -0.2) is 13.2 Å². The Balaban J connectivity index is 1.76. The van der Waals surface area contributed by atoms with Crippen LogP contribution in [0.25, 0.3) is 0 Å². The fourth-order valence-electron chi connectivity index (χ4n) is 1.70. The summed E-state index contributed by atoms with van der Waals surface area (Å²) in [5.74, 6) is 1.01. The highest BCUT2D eigenvalue weighted by molar-refractivity contribution is 5.28. The molecule has 4 heteroatoms. The molecule has 0 saturated heterocycles. The molecule has 0 spiro atoms. The van der Waals surface area contributed by atoms with E-state index in [2.05, 4.69) is 0 Å². The highest BCUT2D eigenvalue weighted by Crippen LogP contribution is 2.16. The van der Waals surface area contributed by atoms with E-state index in [-0.39, 0.29) is 5.82 Å². The first-order valence-electron chi connectivity index (χ1n) is 6.50. The van der Waals surface area contributed by atoms with Gasteiger partial charge in [-0.2, -0.15) is 0 Å². The van der Waals surface area contributed by atoms with Crippen LogP contribution in [0.4, 0.5) is 4.39 Å². The largest absolute Gasteiger partial charge is 0.490 e. The van der Waals surface area contributed by atoms with Gasteiger partial charge in [0.2, 0.25) is 0 Å². The lowest BCUT2D eigenvalue weighted by molar-refractivity contribution is 0.216. The molecule has 20 heavy (non-hydrogen) atoms. The van der Waals surface area contributed by atoms with E-state index in [0.717, 1.165) is 11.3 Å². The van der Waals surface area contributed by atoms with Gasteiger partial charge in [-0.05, 0) is 36.2 Å². The number of aryl methyl sites for hydroxylation is 1. The minimum absolute atomic E-state index is 0.263. The number of benzene rings is 2. The number of halogens is 1. The van der Waals surface area contributed by atoms with Gasteiger partial charge in [0.05, 0.1) is 0 Å². The van der Waals surface area contributed by atoms with Crippen LogP contribution in [0, 0.1) is 12.7 Å². The maximum Gasteiger partial charge on any atom is 0.129 e. The molecule has 0 aliphatic carbocycles. The molecule has 0 unspecified atom stereocenters. The zero-order valence-corrected chi connectivity index (χ0v) is 11.4. The molecule has 2 aromatic carbocycles. The third-order valence-electron chi connectivity index (χ3n) is 2.92. The van der Waals surface area contributed by atoms with Gasteiger partial charge in [-0.1, -0.05) is 18.2 Å². The van der Waals surface area contributed by atoms with Gasteiger partial charge in [-0.15, -0.1) is 0 Å². The second-order valence-corrected chi connectivity index (χ2v) is 4.46. The third-order valence-corrected chi connectivity index (χ3v) is 2.92. The van der Waals surface area contributed by atoms with Crippen LogP contribution >= 0.6 is 0 Å². The van der Waals surface area contributed by atoms with Crippen LogP contribution in [-0.2, 0) is 6.54 Å². The first kappa shape index (κ1) is 14.3. The zero-order chi connectivity index (χ0) is 14.4. The fraction of sp³-hybridized carbons (Fsp3) is 0.250. The molecule has 0 radical (unpaired) electrons. The molecular weight excluding hydrogens is 257 g/mol. The van der Waals surface area contributed by atoms with E-state index in [1.54, 1.807) is 19.1 Å². The Morgan fingerprint density at radius 2 is 1.55 bits per heavy atom. The van der Waals surface area contributed by atoms with Crippen molar-refractivity contribution in [1.29, 1.82) is 0 Å². The minimum atomic E-state index is -0.263. The Morgan fingerprint density at radius 3 is 2.15 bits per heavy atom. The molecule has 0 heterocycles. The van der Waals surface area contributed by atoms with Gasteiger partial charge in [0.15, 0.2) is 0 Å². The molecule has 106 valence electrons. The molecule has 2 N–H and O–H groups in total. The SMILES string of the molecule is Cc1ccc(OCCOc2ccc(CN)cc2)cc1F. The number of rotatable bonds is 6. The molecule has 0 saturated carbocycles. The van der Waals surface area contributed by atoms with Crippen LogP contribution in [0.15, 0.2) is 42.5 Å². The van der Waals surface area contributed by atoms with Crippen molar-refractivity contribution in [2.24, 2.45) is 5.73 Å². The molecular formula is C16H18FNO2. The van der Waals surface area contributed by atoms with Gasteiger partial charge in [0, 0.05) is 12.6 Å². The second kappa shape index (κ2) is 6.91. The Kier molecular flexibility index (Phi) is 4.96. The van der Waals surface area contributed by atoms with Crippen LogP contribution in [0.3, 0.4) is 0 Å². The summed E-state index contributed by atoms with van der Waals surface area (Å²) in [6, 6.07) is 12.4. The Morgan fingerprint density at radius 1 is 0.950 bits per heavy atom. The molecule has 0 fully saturated rings. The van der Waals surface area contributed by atoms with Crippen molar-refractivity contribution < 1.29 is 13.9 Å². The smallest absolute Gasteiger partial charge is 0.129 e. The standard InChI is InChI=1S/C16H18FNO2/c1-12-2-5-15(10-16(12)17)20-9-8-19-14-6-3-13(11-18)4-7-14/h2-7,10H,8-9,11,18H2,1H3. The van der Waals surface area contributed by atoms with Crippen molar-refractivity contribution >= 4 is 0 Å². The number of nitrogens with two attached hydrogens (primary N) is 1. The van der Waals surface area contributed by atoms with E-state index in [9.17, 15) is 4.39 Å². The molecule has 0 aliphatic rings. The van der Waals surface area contributed by atoms with Gasteiger partial charge in [0.25, 0.3) is 0 Å². The summed E-state index contributed by atoms with van der Waals surface area (Å²) < 4.78 is 24.2. The summed E-state index contributed by atoms with van der Waals surface area (Å²) >= 11 is 0. The Labute approximate surface area is 118 Å². The fourth-order valence-corrected chi connectivity index (χ4v) is 1.70. The van der Waals surface area contributed by atoms with E-state index < -0.39 is 0 Å². The molecule has 0 amide bonds. The van der Waals surface area contributed by atoms with Gasteiger partial charge in [-0.25, -0.2) is 4.39 Å². The summed E-state index contributed by atoms with van der Waals surface area (Å²) in [4.78, 5) is 0. The average Bonchev–Trinajstić information content (AvgIpc) is 2.48. The van der Waals surface area contributed by atoms with Crippen LogP contribution < -0.4 is 15.2 Å². The van der Waals surface area contributed by atoms with Crippen LogP contribution in [0.1, 0.15) is 11.1 Å². The minimum Gasteiger partial charge on any atom is -0.490 e. The topological polar surface area (TPSA) is 44.5 Å². The quantitative estimate of drug-likeness (QED) is 0.824. The van der Waals surface area contributed by atoms with E-state index in [1.807, 2.05) is 24.3 Å². The molecule has 3 nitrogen and oxygen atoms in total. The lowest BCUT2D eigenvalue weighted by atomic mass is 10.2. The van der Waals surface area contributed by atoms with Crippen molar-refractivity contribution in [3.8, 4) is 11.5 Å². The summed E-state index contributed by atoms with van der Waals surface area (Å²) in [6.07, 6.45) is 0. The number of hydrogen-bond acceptors (Lipinski definition) is 3. The van der Waals surface area contributed by atoms with Crippen molar-refractivity contribution in [3.63, 3.8) is 0 Å². The van der Waals surface area contributed by atoms with Crippen LogP contribution in [0.2, 0.25) is 0 Å². The van der Waals surface area contributed by atoms with Crippen molar-refractivity contribution in [1.82, 2.24) is 0 Å².